The smallest absolute Gasteiger partial charge is 0.247 e. The minimum absolute atomic E-state index is 0.181. The Bertz CT molecular complexity index is 1450. The predicted molar refractivity (Wildman–Crippen MR) is 121 cm³/mol. The summed E-state index contributed by atoms with van der Waals surface area (Å²) in [6, 6.07) is 20.9. The van der Waals surface area contributed by atoms with E-state index in [1.165, 1.54) is 6.08 Å². The molecule has 0 fully saturated rings. The molecule has 0 saturated heterocycles. The number of amides is 1. The number of aromatic nitrogens is 5. The normalized spacial score (nSPS) is 10.9. The van der Waals surface area contributed by atoms with Gasteiger partial charge in [-0.2, -0.15) is 9.61 Å². The van der Waals surface area contributed by atoms with Crippen LogP contribution in [0, 0.1) is 0 Å². The molecule has 0 unspecified atom stereocenters. The summed E-state index contributed by atoms with van der Waals surface area (Å²) in [5, 5.41) is 16.6. The van der Waals surface area contributed by atoms with Crippen LogP contribution < -0.4 is 10.1 Å². The van der Waals surface area contributed by atoms with Crippen LogP contribution in [-0.2, 0) is 11.4 Å². The zero-order chi connectivity index (χ0) is 21.9. The molecule has 0 aliphatic heterocycles. The molecule has 0 spiro atoms. The Morgan fingerprint density at radius 1 is 1.06 bits per heavy atom. The third-order valence-electron chi connectivity index (χ3n) is 4.91. The van der Waals surface area contributed by atoms with Crippen molar-refractivity contribution in [2.45, 2.75) is 6.61 Å². The van der Waals surface area contributed by atoms with Gasteiger partial charge in [-0.1, -0.05) is 36.9 Å². The van der Waals surface area contributed by atoms with Crippen molar-refractivity contribution in [1.82, 2.24) is 24.8 Å². The monoisotopic (exact) mass is 422 g/mol. The Labute approximate surface area is 183 Å². The summed E-state index contributed by atoms with van der Waals surface area (Å²) in [5.74, 6) is 0.947. The lowest BCUT2D eigenvalue weighted by molar-refractivity contribution is -0.111. The molecule has 8 nitrogen and oxygen atoms in total. The summed E-state index contributed by atoms with van der Waals surface area (Å²) in [5.41, 5.74) is 3.80. The molecular weight excluding hydrogens is 404 g/mol. The second-order valence-electron chi connectivity index (χ2n) is 6.99. The van der Waals surface area contributed by atoms with Gasteiger partial charge >= 0.3 is 0 Å². The maximum atomic E-state index is 11.5. The van der Waals surface area contributed by atoms with Gasteiger partial charge in [0.05, 0.1) is 11.2 Å². The van der Waals surface area contributed by atoms with E-state index in [9.17, 15) is 4.79 Å². The van der Waals surface area contributed by atoms with Crippen molar-refractivity contribution >= 4 is 28.1 Å². The molecule has 0 radical (unpaired) electrons. The van der Waals surface area contributed by atoms with Gasteiger partial charge in [0.2, 0.25) is 5.91 Å². The van der Waals surface area contributed by atoms with Crippen molar-refractivity contribution in [2.24, 2.45) is 0 Å². The number of ether oxygens (including phenoxy) is 1. The van der Waals surface area contributed by atoms with E-state index in [0.29, 0.717) is 28.4 Å². The summed E-state index contributed by atoms with van der Waals surface area (Å²) >= 11 is 0. The Balaban J connectivity index is 1.41. The highest BCUT2D eigenvalue weighted by Crippen LogP contribution is 2.27. The topological polar surface area (TPSA) is 94.3 Å². The molecule has 8 heteroatoms. The average molecular weight is 422 g/mol. The molecule has 3 heterocycles. The van der Waals surface area contributed by atoms with Gasteiger partial charge in [0, 0.05) is 22.8 Å². The average Bonchev–Trinajstić information content (AvgIpc) is 3.25. The van der Waals surface area contributed by atoms with Crippen molar-refractivity contribution < 1.29 is 9.53 Å². The zero-order valence-electron chi connectivity index (χ0n) is 17.0. The third-order valence-corrected chi connectivity index (χ3v) is 4.91. The number of hydrogen-bond acceptors (Lipinski definition) is 6. The molecule has 0 atom stereocenters. The highest BCUT2D eigenvalue weighted by Gasteiger charge is 2.11. The summed E-state index contributed by atoms with van der Waals surface area (Å²) in [7, 11) is 0. The predicted octanol–water partition coefficient (Wildman–Crippen LogP) is 4.04. The number of benzene rings is 2. The quantitative estimate of drug-likeness (QED) is 0.415. The number of anilines is 1. The van der Waals surface area contributed by atoms with Crippen LogP contribution in [0.2, 0.25) is 0 Å². The molecule has 5 aromatic rings. The fourth-order valence-electron chi connectivity index (χ4n) is 3.35. The second kappa shape index (κ2) is 8.27. The number of fused-ring (bicyclic) bond motifs is 2. The fraction of sp³-hybridized carbons (Fsp3) is 0.0417. The second-order valence-corrected chi connectivity index (χ2v) is 6.99. The van der Waals surface area contributed by atoms with Crippen LogP contribution in [0.4, 0.5) is 5.69 Å². The minimum atomic E-state index is -0.280. The molecule has 1 amide bonds. The van der Waals surface area contributed by atoms with Gasteiger partial charge in [-0.15, -0.1) is 10.2 Å². The number of rotatable bonds is 6. The van der Waals surface area contributed by atoms with Gasteiger partial charge in [-0.25, -0.2) is 0 Å². The van der Waals surface area contributed by atoms with Gasteiger partial charge < -0.3 is 10.1 Å². The van der Waals surface area contributed by atoms with Crippen LogP contribution in [0.5, 0.6) is 5.75 Å². The lowest BCUT2D eigenvalue weighted by Gasteiger charge is -2.10. The van der Waals surface area contributed by atoms with E-state index in [4.69, 9.17) is 4.74 Å². The lowest BCUT2D eigenvalue weighted by Crippen LogP contribution is -2.07. The Morgan fingerprint density at radius 3 is 2.78 bits per heavy atom. The van der Waals surface area contributed by atoms with Crippen LogP contribution in [-0.4, -0.2) is 30.7 Å². The Kier molecular flexibility index (Phi) is 5.01. The first-order valence-electron chi connectivity index (χ1n) is 9.93. The molecule has 0 saturated carbocycles. The largest absolute Gasteiger partial charge is 0.485 e. The van der Waals surface area contributed by atoms with Crippen LogP contribution in [0.25, 0.3) is 27.8 Å². The van der Waals surface area contributed by atoms with Crippen LogP contribution >= 0.6 is 0 Å². The molecule has 5 rings (SSSR count). The van der Waals surface area contributed by atoms with Gasteiger partial charge in [0.25, 0.3) is 0 Å². The minimum Gasteiger partial charge on any atom is -0.485 e. The summed E-state index contributed by atoms with van der Waals surface area (Å²) < 4.78 is 7.74. The van der Waals surface area contributed by atoms with Gasteiger partial charge in [-0.3, -0.25) is 9.78 Å². The van der Waals surface area contributed by atoms with E-state index in [1.807, 2.05) is 48.5 Å². The molecular formula is C24H18N6O2. The summed E-state index contributed by atoms with van der Waals surface area (Å²) in [6.07, 6.45) is 2.88. The first-order chi connectivity index (χ1) is 15.7. The maximum Gasteiger partial charge on any atom is 0.247 e. The lowest BCUT2D eigenvalue weighted by atomic mass is 10.1. The van der Waals surface area contributed by atoms with E-state index in [1.54, 1.807) is 28.9 Å². The van der Waals surface area contributed by atoms with E-state index in [2.05, 4.69) is 32.2 Å². The number of pyridine rings is 1. The molecule has 0 aliphatic carbocycles. The SMILES string of the molecule is C=CC(=O)Nc1ccc2c(OCc3nnc4ccc(-c5ccccc5)nn34)ccnc2c1. The third kappa shape index (κ3) is 3.77. The first kappa shape index (κ1) is 19.4. The van der Waals surface area contributed by atoms with Crippen molar-refractivity contribution in [3.8, 4) is 17.0 Å². The van der Waals surface area contributed by atoms with Crippen LogP contribution in [0.1, 0.15) is 5.82 Å². The summed E-state index contributed by atoms with van der Waals surface area (Å²) in [4.78, 5) is 15.9. The number of hydrogen-bond donors (Lipinski definition) is 1. The molecule has 0 aliphatic rings. The van der Waals surface area contributed by atoms with E-state index < -0.39 is 0 Å². The van der Waals surface area contributed by atoms with E-state index >= 15 is 0 Å². The van der Waals surface area contributed by atoms with Gasteiger partial charge in [-0.05, 0) is 42.5 Å². The van der Waals surface area contributed by atoms with E-state index in [-0.39, 0.29) is 12.5 Å². The molecule has 32 heavy (non-hydrogen) atoms. The standard InChI is InChI=1S/C24H18N6O2/c1-2-24(31)26-17-8-9-18-20(14-17)25-13-12-21(18)32-15-23-28-27-22-11-10-19(29-30(22)23)16-6-4-3-5-7-16/h2-14H,1,15H2,(H,26,31). The van der Waals surface area contributed by atoms with Crippen molar-refractivity contribution in [3.63, 3.8) is 0 Å². The van der Waals surface area contributed by atoms with Gasteiger partial charge in [0.15, 0.2) is 11.5 Å². The summed E-state index contributed by atoms with van der Waals surface area (Å²) in [6.45, 7) is 3.64. The Morgan fingerprint density at radius 2 is 1.94 bits per heavy atom. The van der Waals surface area contributed by atoms with Crippen molar-refractivity contribution in [1.29, 1.82) is 0 Å². The van der Waals surface area contributed by atoms with E-state index in [0.717, 1.165) is 16.6 Å². The highest BCUT2D eigenvalue weighted by atomic mass is 16.5. The number of nitrogens with zero attached hydrogens (tertiary/aromatic N) is 5. The number of nitrogens with one attached hydrogen (secondary N) is 1. The fourth-order valence-corrected chi connectivity index (χ4v) is 3.35. The first-order valence-corrected chi connectivity index (χ1v) is 9.93. The molecule has 1 N–H and O–H groups in total. The number of carbonyl (C=O) groups is 1. The molecule has 3 aromatic heterocycles. The number of carbonyl (C=O) groups excluding carboxylic acids is 1. The molecule has 156 valence electrons. The van der Waals surface area contributed by atoms with Crippen molar-refractivity contribution in [2.75, 3.05) is 5.32 Å². The van der Waals surface area contributed by atoms with Crippen molar-refractivity contribution in [3.05, 3.63) is 91.4 Å². The molecule has 2 aromatic carbocycles. The van der Waals surface area contributed by atoms with Gasteiger partial charge in [0.1, 0.15) is 12.4 Å². The molecule has 0 bridgehead atoms. The maximum absolute atomic E-state index is 11.5. The highest BCUT2D eigenvalue weighted by molar-refractivity contribution is 6.00. The Hall–Kier alpha value is -4.59. The zero-order valence-corrected chi connectivity index (χ0v) is 17.0. The van der Waals surface area contributed by atoms with Crippen LogP contribution in [0.15, 0.2) is 85.6 Å². The van der Waals surface area contributed by atoms with Crippen LogP contribution in [0.3, 0.4) is 0 Å².